The van der Waals surface area contributed by atoms with Gasteiger partial charge in [-0.15, -0.1) is 0 Å². The second-order valence-electron chi connectivity index (χ2n) is 1.61. The summed E-state index contributed by atoms with van der Waals surface area (Å²) in [4.78, 5) is -0.187. The number of aliphatic hydroxyl groups is 1. The molecule has 10 heavy (non-hydrogen) atoms. The SMILES string of the molecule is OCC(Br)C(Cl)OCCBr. The van der Waals surface area contributed by atoms with Gasteiger partial charge in [0.1, 0.15) is 5.56 Å². The topological polar surface area (TPSA) is 29.5 Å². The van der Waals surface area contributed by atoms with Crippen molar-refractivity contribution in [3.05, 3.63) is 0 Å². The van der Waals surface area contributed by atoms with Gasteiger partial charge in [0.15, 0.2) is 0 Å². The molecule has 0 rings (SSSR count). The molecule has 0 aliphatic rings. The van der Waals surface area contributed by atoms with Gasteiger partial charge in [-0.3, -0.25) is 0 Å². The Balaban J connectivity index is 3.31. The molecule has 0 aromatic carbocycles. The van der Waals surface area contributed by atoms with Gasteiger partial charge >= 0.3 is 0 Å². The van der Waals surface area contributed by atoms with E-state index in [1.807, 2.05) is 0 Å². The van der Waals surface area contributed by atoms with E-state index in [0.29, 0.717) is 6.61 Å². The second-order valence-corrected chi connectivity index (χ2v) is 4.01. The molecule has 0 fully saturated rings. The lowest BCUT2D eigenvalue weighted by atomic mass is 10.5. The standard InChI is InChI=1S/C5H9Br2ClO2/c6-1-2-10-5(8)4(7)3-9/h4-5,9H,1-3H2. The Morgan fingerprint density at radius 2 is 2.20 bits per heavy atom. The monoisotopic (exact) mass is 294 g/mol. The number of halogens is 3. The Morgan fingerprint density at radius 3 is 2.60 bits per heavy atom. The summed E-state index contributed by atoms with van der Waals surface area (Å²) < 4.78 is 5.06. The molecule has 2 atom stereocenters. The zero-order valence-corrected chi connectivity index (χ0v) is 9.19. The minimum absolute atomic E-state index is 0.0174. The molecule has 0 spiro atoms. The number of rotatable bonds is 5. The molecule has 2 unspecified atom stereocenters. The summed E-state index contributed by atoms with van der Waals surface area (Å²) in [6.45, 7) is 0.534. The van der Waals surface area contributed by atoms with E-state index in [-0.39, 0.29) is 11.4 Å². The van der Waals surface area contributed by atoms with E-state index < -0.39 is 5.56 Å². The number of hydrogen-bond acceptors (Lipinski definition) is 2. The average Bonchev–Trinajstić information content (AvgIpc) is 1.98. The highest BCUT2D eigenvalue weighted by Gasteiger charge is 2.14. The van der Waals surface area contributed by atoms with Crippen LogP contribution in [0.3, 0.4) is 0 Å². The summed E-state index contributed by atoms with van der Waals surface area (Å²) in [5.74, 6) is 0. The van der Waals surface area contributed by atoms with Gasteiger partial charge in [0, 0.05) is 5.33 Å². The van der Waals surface area contributed by atoms with Crippen molar-refractivity contribution in [2.75, 3.05) is 18.5 Å². The molecule has 0 aromatic heterocycles. The molecule has 62 valence electrons. The average molecular weight is 296 g/mol. The Labute approximate surface area is 82.1 Å². The third kappa shape index (κ3) is 4.91. The fourth-order valence-corrected chi connectivity index (χ4v) is 0.853. The zero-order valence-electron chi connectivity index (χ0n) is 5.27. The van der Waals surface area contributed by atoms with Crippen LogP contribution in [0.4, 0.5) is 0 Å². The lowest BCUT2D eigenvalue weighted by molar-refractivity contribution is 0.107. The van der Waals surface area contributed by atoms with E-state index in [1.165, 1.54) is 0 Å². The fourth-order valence-electron chi connectivity index (χ4n) is 0.344. The number of alkyl halides is 3. The van der Waals surface area contributed by atoms with Crippen LogP contribution in [-0.4, -0.2) is 34.0 Å². The van der Waals surface area contributed by atoms with Crippen molar-refractivity contribution in [3.63, 3.8) is 0 Å². The van der Waals surface area contributed by atoms with Gasteiger partial charge in [0.2, 0.25) is 0 Å². The normalized spacial score (nSPS) is 16.8. The number of ether oxygens (including phenoxy) is 1. The molecule has 1 N–H and O–H groups in total. The molecule has 2 nitrogen and oxygen atoms in total. The van der Waals surface area contributed by atoms with Gasteiger partial charge in [0.05, 0.1) is 18.0 Å². The molecule has 0 aromatic rings. The van der Waals surface area contributed by atoms with E-state index in [4.69, 9.17) is 21.4 Å². The van der Waals surface area contributed by atoms with Crippen LogP contribution in [0.5, 0.6) is 0 Å². The van der Waals surface area contributed by atoms with Gasteiger partial charge in [0.25, 0.3) is 0 Å². The van der Waals surface area contributed by atoms with Crippen LogP contribution in [0.2, 0.25) is 0 Å². The predicted octanol–water partition coefficient (Wildman–Crippen LogP) is 1.72. The highest BCUT2D eigenvalue weighted by Crippen LogP contribution is 2.12. The molecule has 0 saturated carbocycles. The van der Waals surface area contributed by atoms with Crippen molar-refractivity contribution in [2.24, 2.45) is 0 Å². The van der Waals surface area contributed by atoms with Crippen LogP contribution in [0.1, 0.15) is 0 Å². The van der Waals surface area contributed by atoms with Gasteiger partial charge < -0.3 is 9.84 Å². The highest BCUT2D eigenvalue weighted by molar-refractivity contribution is 9.09. The first kappa shape index (κ1) is 11.2. The van der Waals surface area contributed by atoms with E-state index >= 15 is 0 Å². The van der Waals surface area contributed by atoms with Crippen LogP contribution in [0.25, 0.3) is 0 Å². The molecule has 0 bridgehead atoms. The maximum Gasteiger partial charge on any atom is 0.145 e. The number of hydrogen-bond donors (Lipinski definition) is 1. The predicted molar refractivity (Wildman–Crippen MR) is 49.2 cm³/mol. The second kappa shape index (κ2) is 6.85. The van der Waals surface area contributed by atoms with Gasteiger partial charge in [-0.1, -0.05) is 43.5 Å². The molecule has 0 heterocycles. The van der Waals surface area contributed by atoms with Crippen LogP contribution >= 0.6 is 43.5 Å². The largest absolute Gasteiger partial charge is 0.395 e. The van der Waals surface area contributed by atoms with E-state index in [1.54, 1.807) is 0 Å². The maximum absolute atomic E-state index is 8.58. The summed E-state index contributed by atoms with van der Waals surface area (Å²) in [5.41, 5.74) is -0.456. The lowest BCUT2D eigenvalue weighted by Crippen LogP contribution is -2.22. The Kier molecular flexibility index (Phi) is 7.66. The molecule has 5 heteroatoms. The van der Waals surface area contributed by atoms with Crippen LogP contribution in [-0.2, 0) is 4.74 Å². The van der Waals surface area contributed by atoms with Crippen molar-refractivity contribution in [1.82, 2.24) is 0 Å². The van der Waals surface area contributed by atoms with Crippen molar-refractivity contribution in [1.29, 1.82) is 0 Å². The van der Waals surface area contributed by atoms with Crippen molar-refractivity contribution < 1.29 is 9.84 Å². The van der Waals surface area contributed by atoms with Crippen LogP contribution < -0.4 is 0 Å². The third-order valence-electron chi connectivity index (χ3n) is 0.813. The van der Waals surface area contributed by atoms with Gasteiger partial charge in [-0.25, -0.2) is 0 Å². The highest BCUT2D eigenvalue weighted by atomic mass is 79.9. The first-order chi connectivity index (χ1) is 4.72. The molecular weight excluding hydrogens is 287 g/mol. The third-order valence-corrected chi connectivity index (χ3v) is 2.64. The summed E-state index contributed by atoms with van der Waals surface area (Å²) >= 11 is 12.0. The molecule has 0 amide bonds. The van der Waals surface area contributed by atoms with E-state index in [2.05, 4.69) is 31.9 Å². The van der Waals surface area contributed by atoms with Crippen LogP contribution in [0.15, 0.2) is 0 Å². The Hall–Kier alpha value is 1.17. The Morgan fingerprint density at radius 1 is 1.60 bits per heavy atom. The van der Waals surface area contributed by atoms with E-state index in [9.17, 15) is 0 Å². The minimum Gasteiger partial charge on any atom is -0.395 e. The molecule has 0 saturated heterocycles. The summed E-state index contributed by atoms with van der Waals surface area (Å²) in [6.07, 6.45) is 0. The maximum atomic E-state index is 8.58. The first-order valence-corrected chi connectivity index (χ1v) is 5.26. The zero-order chi connectivity index (χ0) is 7.98. The van der Waals surface area contributed by atoms with Crippen molar-refractivity contribution >= 4 is 43.5 Å². The molecule has 0 radical (unpaired) electrons. The summed E-state index contributed by atoms with van der Waals surface area (Å²) in [6, 6.07) is 0. The van der Waals surface area contributed by atoms with Crippen molar-refractivity contribution in [3.8, 4) is 0 Å². The molecule has 0 aliphatic heterocycles. The summed E-state index contributed by atoms with van der Waals surface area (Å²) in [7, 11) is 0. The van der Waals surface area contributed by atoms with E-state index in [0.717, 1.165) is 5.33 Å². The van der Waals surface area contributed by atoms with Gasteiger partial charge in [-0.05, 0) is 0 Å². The quantitative estimate of drug-likeness (QED) is 0.783. The van der Waals surface area contributed by atoms with Gasteiger partial charge in [-0.2, -0.15) is 0 Å². The van der Waals surface area contributed by atoms with Crippen molar-refractivity contribution in [2.45, 2.75) is 10.4 Å². The summed E-state index contributed by atoms with van der Waals surface area (Å²) in [5, 5.41) is 9.33. The first-order valence-electron chi connectivity index (χ1n) is 2.79. The molecule has 0 aliphatic carbocycles. The molecular formula is C5H9Br2ClO2. The Bertz CT molecular complexity index is 84.0. The number of aliphatic hydroxyl groups excluding tert-OH is 1. The van der Waals surface area contributed by atoms with Crippen LogP contribution in [0, 0.1) is 0 Å². The lowest BCUT2D eigenvalue weighted by Gasteiger charge is -2.13. The minimum atomic E-state index is -0.456. The fraction of sp³-hybridized carbons (Fsp3) is 1.00. The smallest absolute Gasteiger partial charge is 0.145 e.